The van der Waals surface area contributed by atoms with Gasteiger partial charge in [0.2, 0.25) is 0 Å². The number of esters is 1. The van der Waals surface area contributed by atoms with Crippen molar-refractivity contribution < 1.29 is 13.9 Å². The number of methoxy groups -OCH3 is 1. The minimum absolute atomic E-state index is 0.265. The van der Waals surface area contributed by atoms with Gasteiger partial charge in [0.05, 0.1) is 12.7 Å². The zero-order valence-electron chi connectivity index (χ0n) is 15.3. The Labute approximate surface area is 148 Å². The summed E-state index contributed by atoms with van der Waals surface area (Å²) in [6.45, 7) is 5.17. The molecule has 0 radical (unpaired) electrons. The Morgan fingerprint density at radius 1 is 1.40 bits per heavy atom. The second kappa shape index (κ2) is 6.06. The van der Waals surface area contributed by atoms with E-state index in [0.717, 1.165) is 43.1 Å². The van der Waals surface area contributed by atoms with Crippen LogP contribution in [0.2, 0.25) is 0 Å². The Balaban J connectivity index is 1.59. The van der Waals surface area contributed by atoms with Gasteiger partial charge in [-0.05, 0) is 61.4 Å². The molecule has 0 spiro atoms. The molecule has 2 bridgehead atoms. The molecule has 3 aliphatic heterocycles. The molecule has 3 heterocycles. The van der Waals surface area contributed by atoms with Gasteiger partial charge in [0.25, 0.3) is 0 Å². The summed E-state index contributed by atoms with van der Waals surface area (Å²) in [4.78, 5) is 16.8. The molecule has 1 aliphatic carbocycles. The lowest BCUT2D eigenvalue weighted by molar-refractivity contribution is 0.0589. The van der Waals surface area contributed by atoms with E-state index in [-0.39, 0.29) is 5.82 Å². The lowest BCUT2D eigenvalue weighted by Crippen LogP contribution is -2.49. The highest BCUT2D eigenvalue weighted by atomic mass is 19.1. The molecule has 25 heavy (non-hydrogen) atoms. The molecule has 0 N–H and O–H groups in total. The summed E-state index contributed by atoms with van der Waals surface area (Å²) in [5.74, 6) is -0.734. The minimum atomic E-state index is -0.469. The second-order valence-electron chi connectivity index (χ2n) is 8.24. The normalized spacial score (nSPS) is 31.5. The van der Waals surface area contributed by atoms with E-state index in [2.05, 4.69) is 23.8 Å². The van der Waals surface area contributed by atoms with Gasteiger partial charge in [0, 0.05) is 31.7 Å². The topological polar surface area (TPSA) is 32.8 Å². The molecule has 136 valence electrons. The summed E-state index contributed by atoms with van der Waals surface area (Å²) in [5, 5.41) is 0. The predicted molar refractivity (Wildman–Crippen MR) is 94.0 cm³/mol. The van der Waals surface area contributed by atoms with Gasteiger partial charge >= 0.3 is 5.97 Å². The molecule has 4 aliphatic rings. The molecule has 3 fully saturated rings. The van der Waals surface area contributed by atoms with Crippen LogP contribution in [-0.2, 0) is 17.7 Å². The third-order valence-electron chi connectivity index (χ3n) is 6.59. The first-order valence-corrected chi connectivity index (χ1v) is 9.28. The van der Waals surface area contributed by atoms with Crippen LogP contribution in [0, 0.1) is 11.2 Å². The smallest absolute Gasteiger partial charge is 0.337 e. The van der Waals surface area contributed by atoms with Crippen molar-refractivity contribution in [3.63, 3.8) is 0 Å². The Morgan fingerprint density at radius 3 is 2.76 bits per heavy atom. The number of ether oxygens (including phenoxy) is 1. The first-order chi connectivity index (χ1) is 11.9. The molecule has 0 unspecified atom stereocenters. The summed E-state index contributed by atoms with van der Waals surface area (Å²) < 4.78 is 19.3. The van der Waals surface area contributed by atoms with Gasteiger partial charge in [-0.2, -0.15) is 0 Å². The van der Waals surface area contributed by atoms with Crippen LogP contribution in [-0.4, -0.2) is 55.1 Å². The molecule has 4 nitrogen and oxygen atoms in total. The van der Waals surface area contributed by atoms with Crippen molar-refractivity contribution in [2.24, 2.45) is 5.41 Å². The fraction of sp³-hybridized carbons (Fsp3) is 0.650. The molecular weight excluding hydrogens is 319 g/mol. The number of rotatable bonds is 4. The van der Waals surface area contributed by atoms with Crippen molar-refractivity contribution >= 4 is 5.97 Å². The van der Waals surface area contributed by atoms with E-state index in [4.69, 9.17) is 4.74 Å². The largest absolute Gasteiger partial charge is 0.465 e. The Morgan fingerprint density at radius 2 is 2.16 bits per heavy atom. The standard InChI is InChI=1S/C20H27FN2O2/c1-4-15-7-17-14(5-13(6-18(17)21)19(24)25-3)10-23(15)12-20-8-16(9-20)22(2)11-20/h5-6,15-16H,4,7-12H2,1-3H3/t15-,16?,20?/m0/s1. The van der Waals surface area contributed by atoms with Crippen LogP contribution in [0.15, 0.2) is 12.1 Å². The average molecular weight is 346 g/mol. The van der Waals surface area contributed by atoms with Crippen molar-refractivity contribution in [1.29, 1.82) is 0 Å². The highest BCUT2D eigenvalue weighted by molar-refractivity contribution is 5.89. The third-order valence-corrected chi connectivity index (χ3v) is 6.59. The third kappa shape index (κ3) is 2.77. The number of hydrogen-bond donors (Lipinski definition) is 0. The van der Waals surface area contributed by atoms with Gasteiger partial charge in [0.1, 0.15) is 5.82 Å². The molecular formula is C20H27FN2O2. The summed E-state index contributed by atoms with van der Waals surface area (Å²) in [7, 11) is 3.56. The van der Waals surface area contributed by atoms with E-state index < -0.39 is 5.97 Å². The van der Waals surface area contributed by atoms with Crippen molar-refractivity contribution in [3.8, 4) is 0 Å². The number of fused-ring (bicyclic) bond motifs is 2. The molecule has 2 saturated heterocycles. The lowest BCUT2D eigenvalue weighted by Gasteiger charge is -2.45. The van der Waals surface area contributed by atoms with Crippen LogP contribution in [0.4, 0.5) is 4.39 Å². The highest BCUT2D eigenvalue weighted by Crippen LogP contribution is 2.52. The van der Waals surface area contributed by atoms with Crippen molar-refractivity contribution in [1.82, 2.24) is 9.80 Å². The van der Waals surface area contributed by atoms with Gasteiger partial charge in [-0.25, -0.2) is 9.18 Å². The van der Waals surface area contributed by atoms with E-state index >= 15 is 0 Å². The summed E-state index contributed by atoms with van der Waals surface area (Å²) in [5.41, 5.74) is 2.46. The fourth-order valence-corrected chi connectivity index (χ4v) is 5.25. The van der Waals surface area contributed by atoms with Crippen LogP contribution >= 0.6 is 0 Å². The minimum Gasteiger partial charge on any atom is -0.465 e. The Hall–Kier alpha value is -1.46. The van der Waals surface area contributed by atoms with Crippen LogP contribution in [0.25, 0.3) is 0 Å². The molecule has 0 aromatic heterocycles. The van der Waals surface area contributed by atoms with Crippen molar-refractivity contribution in [2.45, 2.75) is 51.2 Å². The number of halogens is 1. The maximum atomic E-state index is 14.6. The first-order valence-electron chi connectivity index (χ1n) is 9.28. The summed E-state index contributed by atoms with van der Waals surface area (Å²) in [6.07, 6.45) is 4.33. The molecule has 1 atom stereocenters. The maximum Gasteiger partial charge on any atom is 0.337 e. The predicted octanol–water partition coefficient (Wildman–Crippen LogP) is 2.84. The summed E-state index contributed by atoms with van der Waals surface area (Å²) in [6, 6.07) is 4.30. The zero-order chi connectivity index (χ0) is 17.8. The van der Waals surface area contributed by atoms with E-state index in [0.29, 0.717) is 17.0 Å². The average Bonchev–Trinajstić information content (AvgIpc) is 3.04. The monoisotopic (exact) mass is 346 g/mol. The SMILES string of the molecule is CC[C@H]1Cc2c(F)cc(C(=O)OC)cc2CN1CC12CC(C1)N(C)C2. The highest BCUT2D eigenvalue weighted by Gasteiger charge is 2.54. The Kier molecular flexibility index (Phi) is 4.12. The van der Waals surface area contributed by atoms with E-state index in [9.17, 15) is 9.18 Å². The van der Waals surface area contributed by atoms with Gasteiger partial charge in [0.15, 0.2) is 0 Å². The lowest BCUT2D eigenvalue weighted by atomic mass is 9.69. The van der Waals surface area contributed by atoms with Crippen molar-refractivity contribution in [2.75, 3.05) is 27.2 Å². The van der Waals surface area contributed by atoms with Crippen LogP contribution in [0.3, 0.4) is 0 Å². The van der Waals surface area contributed by atoms with E-state index in [1.165, 1.54) is 32.6 Å². The molecule has 1 aromatic carbocycles. The van der Waals surface area contributed by atoms with Crippen LogP contribution in [0.1, 0.15) is 47.7 Å². The molecule has 5 rings (SSSR count). The number of hydrogen-bond acceptors (Lipinski definition) is 4. The number of benzene rings is 1. The van der Waals surface area contributed by atoms with Gasteiger partial charge in [-0.1, -0.05) is 6.92 Å². The molecule has 1 saturated carbocycles. The molecule has 5 heteroatoms. The van der Waals surface area contributed by atoms with Gasteiger partial charge in [-0.3, -0.25) is 4.90 Å². The zero-order valence-corrected chi connectivity index (χ0v) is 15.3. The maximum absolute atomic E-state index is 14.6. The Bertz CT molecular complexity index is 699. The number of carbonyl (C=O) groups is 1. The van der Waals surface area contributed by atoms with Gasteiger partial charge in [-0.15, -0.1) is 0 Å². The number of nitrogens with zero attached hydrogens (tertiary/aromatic N) is 2. The van der Waals surface area contributed by atoms with Crippen molar-refractivity contribution in [3.05, 3.63) is 34.6 Å². The second-order valence-corrected chi connectivity index (χ2v) is 8.24. The van der Waals surface area contributed by atoms with Crippen LogP contribution < -0.4 is 0 Å². The fourth-order valence-electron chi connectivity index (χ4n) is 5.25. The summed E-state index contributed by atoms with van der Waals surface area (Å²) >= 11 is 0. The quantitative estimate of drug-likeness (QED) is 0.785. The molecule has 0 amide bonds. The van der Waals surface area contributed by atoms with E-state index in [1.54, 1.807) is 0 Å². The number of carbonyl (C=O) groups excluding carboxylic acids is 1. The van der Waals surface area contributed by atoms with E-state index in [1.807, 2.05) is 6.07 Å². The van der Waals surface area contributed by atoms with Crippen LogP contribution in [0.5, 0.6) is 0 Å². The van der Waals surface area contributed by atoms with Gasteiger partial charge < -0.3 is 9.64 Å². The first kappa shape index (κ1) is 17.0. The molecule has 1 aromatic rings.